The predicted octanol–water partition coefficient (Wildman–Crippen LogP) is 1.25. The number of aromatic nitrogens is 2. The summed E-state index contributed by atoms with van der Waals surface area (Å²) in [7, 11) is -3.30. The van der Waals surface area contributed by atoms with Crippen molar-refractivity contribution in [2.45, 2.75) is 18.4 Å². The topological polar surface area (TPSA) is 78.0 Å². The van der Waals surface area contributed by atoms with E-state index in [1.165, 1.54) is 0 Å². The third-order valence-corrected chi connectivity index (χ3v) is 4.53. The summed E-state index contributed by atoms with van der Waals surface area (Å²) in [4.78, 5) is 0.337. The van der Waals surface area contributed by atoms with Gasteiger partial charge in [-0.3, -0.25) is 4.68 Å². The van der Waals surface area contributed by atoms with Crippen molar-refractivity contribution in [1.29, 1.82) is 0 Å². The second-order valence-corrected chi connectivity index (χ2v) is 6.19. The minimum atomic E-state index is -3.30. The molecule has 0 saturated carbocycles. The van der Waals surface area contributed by atoms with Crippen molar-refractivity contribution >= 4 is 15.5 Å². The molecule has 0 spiro atoms. The average molecular weight is 265 g/mol. The van der Waals surface area contributed by atoms with E-state index in [9.17, 15) is 8.42 Å². The number of nitrogens with zero attached hydrogens (tertiary/aromatic N) is 2. The minimum absolute atomic E-state index is 0.0272. The van der Waals surface area contributed by atoms with Gasteiger partial charge in [0, 0.05) is 18.1 Å². The molecule has 0 aliphatic carbocycles. The van der Waals surface area contributed by atoms with Gasteiger partial charge in [-0.2, -0.15) is 5.10 Å². The first-order valence-electron chi connectivity index (χ1n) is 5.55. The first kappa shape index (κ1) is 12.6. The third kappa shape index (κ3) is 2.70. The number of nitrogens with two attached hydrogens (primary N) is 1. The molecule has 96 valence electrons. The molecule has 6 heteroatoms. The lowest BCUT2D eigenvalue weighted by molar-refractivity contribution is 0.580. The van der Waals surface area contributed by atoms with Gasteiger partial charge in [-0.25, -0.2) is 8.42 Å². The van der Waals surface area contributed by atoms with Crippen molar-refractivity contribution in [2.24, 2.45) is 0 Å². The van der Waals surface area contributed by atoms with E-state index in [0.717, 1.165) is 0 Å². The second kappa shape index (κ2) is 4.81. The van der Waals surface area contributed by atoms with Crippen LogP contribution in [-0.2, 0) is 16.4 Å². The van der Waals surface area contributed by atoms with Gasteiger partial charge in [0.25, 0.3) is 0 Å². The predicted molar refractivity (Wildman–Crippen MR) is 69.9 cm³/mol. The maximum absolute atomic E-state index is 12.2. The monoisotopic (exact) mass is 265 g/mol. The van der Waals surface area contributed by atoms with Crippen LogP contribution in [0.15, 0.2) is 41.6 Å². The third-order valence-electron chi connectivity index (χ3n) is 2.68. The Kier molecular flexibility index (Phi) is 3.38. The SMILES string of the molecule is Cc1cc(N)ccc1S(=O)(=O)CCn1cccn1. The highest BCUT2D eigenvalue weighted by molar-refractivity contribution is 7.91. The van der Waals surface area contributed by atoms with Crippen molar-refractivity contribution in [3.63, 3.8) is 0 Å². The quantitative estimate of drug-likeness (QED) is 0.844. The Hall–Kier alpha value is -1.82. The maximum atomic E-state index is 12.2. The zero-order chi connectivity index (χ0) is 13.2. The molecule has 0 aliphatic rings. The highest BCUT2D eigenvalue weighted by atomic mass is 32.2. The molecule has 2 aromatic rings. The van der Waals surface area contributed by atoms with E-state index in [1.54, 1.807) is 48.3 Å². The van der Waals surface area contributed by atoms with Crippen LogP contribution in [0.4, 0.5) is 5.69 Å². The average Bonchev–Trinajstić information content (AvgIpc) is 2.78. The maximum Gasteiger partial charge on any atom is 0.180 e. The van der Waals surface area contributed by atoms with Crippen LogP contribution >= 0.6 is 0 Å². The van der Waals surface area contributed by atoms with E-state index < -0.39 is 9.84 Å². The Morgan fingerprint density at radius 2 is 2.17 bits per heavy atom. The molecule has 18 heavy (non-hydrogen) atoms. The molecule has 0 amide bonds. The van der Waals surface area contributed by atoms with Crippen LogP contribution in [0.25, 0.3) is 0 Å². The summed E-state index contributed by atoms with van der Waals surface area (Å²) in [5, 5.41) is 3.98. The highest BCUT2D eigenvalue weighted by Gasteiger charge is 2.17. The number of anilines is 1. The molecular formula is C12H15N3O2S. The van der Waals surface area contributed by atoms with Crippen LogP contribution in [0.2, 0.25) is 0 Å². The summed E-state index contributed by atoms with van der Waals surface area (Å²) in [6.45, 7) is 2.09. The first-order valence-corrected chi connectivity index (χ1v) is 7.20. The molecule has 1 aromatic heterocycles. The van der Waals surface area contributed by atoms with Gasteiger partial charge < -0.3 is 5.73 Å². The van der Waals surface area contributed by atoms with Crippen LogP contribution in [0, 0.1) is 6.92 Å². The van der Waals surface area contributed by atoms with Gasteiger partial charge in [0.1, 0.15) is 0 Å². The fourth-order valence-corrected chi connectivity index (χ4v) is 3.25. The summed E-state index contributed by atoms with van der Waals surface area (Å²) >= 11 is 0. The van der Waals surface area contributed by atoms with Crippen molar-refractivity contribution in [1.82, 2.24) is 9.78 Å². The van der Waals surface area contributed by atoms with Crippen LogP contribution in [-0.4, -0.2) is 24.0 Å². The highest BCUT2D eigenvalue weighted by Crippen LogP contribution is 2.19. The Labute approximate surface area is 106 Å². The van der Waals surface area contributed by atoms with E-state index in [2.05, 4.69) is 5.10 Å². The molecule has 2 N–H and O–H groups in total. The number of aryl methyl sites for hydroxylation is 2. The van der Waals surface area contributed by atoms with Gasteiger partial charge in [-0.05, 0) is 36.8 Å². The lowest BCUT2D eigenvalue weighted by Crippen LogP contribution is -2.14. The number of rotatable bonds is 4. The fourth-order valence-electron chi connectivity index (χ4n) is 1.78. The summed E-state index contributed by atoms with van der Waals surface area (Å²) in [6.07, 6.45) is 3.37. The first-order chi connectivity index (χ1) is 8.49. The van der Waals surface area contributed by atoms with Gasteiger partial charge in [-0.15, -0.1) is 0 Å². The van der Waals surface area contributed by atoms with Crippen molar-refractivity contribution < 1.29 is 8.42 Å². The molecule has 0 atom stereocenters. The molecular weight excluding hydrogens is 250 g/mol. The Morgan fingerprint density at radius 3 is 2.78 bits per heavy atom. The molecule has 0 radical (unpaired) electrons. The minimum Gasteiger partial charge on any atom is -0.399 e. The van der Waals surface area contributed by atoms with Crippen LogP contribution in [0.1, 0.15) is 5.56 Å². The van der Waals surface area contributed by atoms with Crippen LogP contribution in [0.5, 0.6) is 0 Å². The Morgan fingerprint density at radius 1 is 1.39 bits per heavy atom. The summed E-state index contributed by atoms with van der Waals surface area (Å²) in [5.74, 6) is 0.0272. The van der Waals surface area contributed by atoms with Gasteiger partial charge in [0.2, 0.25) is 0 Å². The molecule has 0 unspecified atom stereocenters. The lowest BCUT2D eigenvalue weighted by Gasteiger charge is -2.08. The zero-order valence-corrected chi connectivity index (χ0v) is 10.9. The molecule has 5 nitrogen and oxygen atoms in total. The standard InChI is InChI=1S/C12H15N3O2S/c1-10-9-11(13)3-4-12(10)18(16,17)8-7-15-6-2-5-14-15/h2-6,9H,7-8,13H2,1H3. The van der Waals surface area contributed by atoms with Gasteiger partial charge in [0.05, 0.1) is 17.2 Å². The number of nitrogen functional groups attached to an aromatic ring is 1. The molecule has 0 bridgehead atoms. The van der Waals surface area contributed by atoms with Crippen molar-refractivity contribution in [3.8, 4) is 0 Å². The normalized spacial score (nSPS) is 11.6. The van der Waals surface area contributed by atoms with Gasteiger partial charge in [-0.1, -0.05) is 0 Å². The molecule has 0 aliphatic heterocycles. The summed E-state index contributed by atoms with van der Waals surface area (Å²) in [6, 6.07) is 6.60. The van der Waals surface area contributed by atoms with Crippen LogP contribution < -0.4 is 5.73 Å². The number of hydrogen-bond donors (Lipinski definition) is 1. The zero-order valence-electron chi connectivity index (χ0n) is 10.1. The molecule has 1 aromatic carbocycles. The molecule has 2 rings (SSSR count). The molecule has 0 fully saturated rings. The second-order valence-electron chi connectivity index (χ2n) is 4.11. The number of sulfone groups is 1. The smallest absolute Gasteiger partial charge is 0.180 e. The van der Waals surface area contributed by atoms with Crippen molar-refractivity contribution in [2.75, 3.05) is 11.5 Å². The van der Waals surface area contributed by atoms with E-state index in [1.807, 2.05) is 0 Å². The Bertz CT molecular complexity index is 633. The molecule has 0 saturated heterocycles. The Balaban J connectivity index is 2.20. The summed E-state index contributed by atoms with van der Waals surface area (Å²) < 4.78 is 26.0. The van der Waals surface area contributed by atoms with E-state index in [4.69, 9.17) is 5.73 Å². The number of hydrogen-bond acceptors (Lipinski definition) is 4. The van der Waals surface area contributed by atoms with Crippen molar-refractivity contribution in [3.05, 3.63) is 42.2 Å². The van der Waals surface area contributed by atoms with Gasteiger partial charge >= 0.3 is 0 Å². The van der Waals surface area contributed by atoms with Crippen LogP contribution in [0.3, 0.4) is 0 Å². The summed E-state index contributed by atoms with van der Waals surface area (Å²) in [5.41, 5.74) is 6.86. The molecule has 1 heterocycles. The largest absolute Gasteiger partial charge is 0.399 e. The van der Waals surface area contributed by atoms with E-state index in [-0.39, 0.29) is 5.75 Å². The van der Waals surface area contributed by atoms with Gasteiger partial charge in [0.15, 0.2) is 9.84 Å². The van der Waals surface area contributed by atoms with E-state index >= 15 is 0 Å². The number of benzene rings is 1. The van der Waals surface area contributed by atoms with E-state index in [0.29, 0.717) is 22.7 Å². The lowest BCUT2D eigenvalue weighted by atomic mass is 10.2. The fraction of sp³-hybridized carbons (Fsp3) is 0.250.